The van der Waals surface area contributed by atoms with E-state index in [2.05, 4.69) is 4.98 Å². The van der Waals surface area contributed by atoms with Gasteiger partial charge in [-0.25, -0.2) is 4.98 Å². The molecule has 130 valence electrons. The van der Waals surface area contributed by atoms with Gasteiger partial charge in [-0.2, -0.15) is 0 Å². The van der Waals surface area contributed by atoms with E-state index in [0.717, 1.165) is 24.0 Å². The van der Waals surface area contributed by atoms with Crippen LogP contribution in [0.2, 0.25) is 0 Å². The lowest BCUT2D eigenvalue weighted by Gasteiger charge is -2.52. The van der Waals surface area contributed by atoms with E-state index in [-0.39, 0.29) is 17.6 Å². The summed E-state index contributed by atoms with van der Waals surface area (Å²) >= 11 is 0. The summed E-state index contributed by atoms with van der Waals surface area (Å²) in [4.78, 5) is 18.7. The summed E-state index contributed by atoms with van der Waals surface area (Å²) in [5.74, 6) is 0.724. The average molecular weight is 338 g/mol. The van der Waals surface area contributed by atoms with Crippen molar-refractivity contribution >= 4 is 5.91 Å². The van der Waals surface area contributed by atoms with Gasteiger partial charge in [0.1, 0.15) is 11.7 Å². The third-order valence-corrected chi connectivity index (χ3v) is 4.88. The quantitative estimate of drug-likeness (QED) is 0.863. The maximum Gasteiger partial charge on any atom is 0.254 e. The summed E-state index contributed by atoms with van der Waals surface area (Å²) < 4.78 is 12.0. The van der Waals surface area contributed by atoms with Crippen LogP contribution in [0.25, 0.3) is 0 Å². The molecule has 0 aliphatic carbocycles. The van der Waals surface area contributed by atoms with Crippen molar-refractivity contribution in [1.82, 2.24) is 9.88 Å². The van der Waals surface area contributed by atoms with Crippen molar-refractivity contribution in [3.8, 4) is 5.88 Å². The molecule has 3 heterocycles. The van der Waals surface area contributed by atoms with Gasteiger partial charge in [-0.15, -0.1) is 0 Å². The van der Waals surface area contributed by atoms with E-state index in [9.17, 15) is 4.79 Å². The van der Waals surface area contributed by atoms with Gasteiger partial charge in [0.15, 0.2) is 0 Å². The number of aryl methyl sites for hydroxylation is 1. The fourth-order valence-electron chi connectivity index (χ4n) is 3.64. The van der Waals surface area contributed by atoms with Crippen LogP contribution < -0.4 is 4.74 Å². The number of rotatable bonds is 3. The first-order valence-electron chi connectivity index (χ1n) is 8.71. The number of amides is 1. The van der Waals surface area contributed by atoms with E-state index >= 15 is 0 Å². The Labute approximate surface area is 147 Å². The number of carbonyl (C=O) groups is 1. The Balaban J connectivity index is 1.37. The molecule has 1 atom stereocenters. The number of likely N-dealkylation sites (tertiary alicyclic amines) is 1. The minimum atomic E-state index is -0.267. The molecule has 4 rings (SSSR count). The summed E-state index contributed by atoms with van der Waals surface area (Å²) in [5, 5.41) is 0. The first kappa shape index (κ1) is 16.1. The highest BCUT2D eigenvalue weighted by Gasteiger charge is 2.50. The van der Waals surface area contributed by atoms with Crippen LogP contribution in [0.3, 0.4) is 0 Å². The van der Waals surface area contributed by atoms with Gasteiger partial charge in [-0.05, 0) is 25.1 Å². The lowest BCUT2D eigenvalue weighted by Crippen LogP contribution is -2.67. The summed E-state index contributed by atoms with van der Waals surface area (Å²) in [6, 6.07) is 13.4. The van der Waals surface area contributed by atoms with Crippen LogP contribution in [0.4, 0.5) is 0 Å². The van der Waals surface area contributed by atoms with Crippen LogP contribution >= 0.6 is 0 Å². The van der Waals surface area contributed by atoms with E-state index in [4.69, 9.17) is 9.47 Å². The average Bonchev–Trinajstić information content (AvgIpc) is 2.60. The van der Waals surface area contributed by atoms with E-state index in [1.165, 1.54) is 0 Å². The molecule has 2 aliphatic rings. The molecular weight excluding hydrogens is 316 g/mol. The molecule has 2 aliphatic heterocycles. The summed E-state index contributed by atoms with van der Waals surface area (Å²) in [6.45, 7) is 3.91. The smallest absolute Gasteiger partial charge is 0.254 e. The van der Waals surface area contributed by atoms with Crippen LogP contribution in [0.5, 0.6) is 5.88 Å². The molecule has 0 N–H and O–H groups in total. The fraction of sp³-hybridized carbons (Fsp3) is 0.400. The van der Waals surface area contributed by atoms with E-state index < -0.39 is 0 Å². The zero-order valence-electron chi connectivity index (χ0n) is 14.4. The largest absolute Gasteiger partial charge is 0.474 e. The highest BCUT2D eigenvalue weighted by atomic mass is 16.5. The van der Waals surface area contributed by atoms with Gasteiger partial charge >= 0.3 is 0 Å². The normalized spacial score (nSPS) is 21.6. The van der Waals surface area contributed by atoms with Crippen LogP contribution in [-0.4, -0.2) is 47.2 Å². The lowest BCUT2D eigenvalue weighted by molar-refractivity contribution is -0.174. The van der Waals surface area contributed by atoms with Crippen LogP contribution in [0.15, 0.2) is 48.7 Å². The summed E-state index contributed by atoms with van der Waals surface area (Å²) in [7, 11) is 0. The van der Waals surface area contributed by atoms with Gasteiger partial charge in [0.2, 0.25) is 5.88 Å². The summed E-state index contributed by atoms with van der Waals surface area (Å²) in [6.07, 6.45) is 3.46. The molecule has 2 fully saturated rings. The molecule has 1 spiro atoms. The Kier molecular flexibility index (Phi) is 4.17. The second-order valence-corrected chi connectivity index (χ2v) is 6.96. The SMILES string of the molecule is Cc1cccc(C(=O)N2CC3(CC(Oc4ccccn4)CCO3)C2)c1. The van der Waals surface area contributed by atoms with Gasteiger partial charge < -0.3 is 14.4 Å². The first-order chi connectivity index (χ1) is 12.1. The number of hydrogen-bond donors (Lipinski definition) is 0. The highest BCUT2D eigenvalue weighted by molar-refractivity contribution is 5.95. The molecule has 2 aromatic rings. The first-order valence-corrected chi connectivity index (χ1v) is 8.71. The molecule has 25 heavy (non-hydrogen) atoms. The molecular formula is C20H22N2O3. The molecule has 0 radical (unpaired) electrons. The second kappa shape index (κ2) is 6.48. The Bertz CT molecular complexity index is 757. The Morgan fingerprint density at radius 2 is 2.16 bits per heavy atom. The minimum absolute atomic E-state index is 0.0747. The van der Waals surface area contributed by atoms with Crippen molar-refractivity contribution in [3.63, 3.8) is 0 Å². The molecule has 1 aromatic heterocycles. The Hall–Kier alpha value is -2.40. The van der Waals surface area contributed by atoms with Gasteiger partial charge in [-0.1, -0.05) is 23.8 Å². The molecule has 0 bridgehead atoms. The molecule has 0 saturated carbocycles. The van der Waals surface area contributed by atoms with Crippen LogP contribution in [-0.2, 0) is 4.74 Å². The maximum atomic E-state index is 12.6. The minimum Gasteiger partial charge on any atom is -0.474 e. The van der Waals surface area contributed by atoms with Gasteiger partial charge in [0.05, 0.1) is 19.7 Å². The van der Waals surface area contributed by atoms with Gasteiger partial charge in [0.25, 0.3) is 5.91 Å². The third kappa shape index (κ3) is 3.37. The van der Waals surface area contributed by atoms with Crippen molar-refractivity contribution in [2.75, 3.05) is 19.7 Å². The topological polar surface area (TPSA) is 51.7 Å². The zero-order valence-corrected chi connectivity index (χ0v) is 14.4. The maximum absolute atomic E-state index is 12.6. The predicted octanol–water partition coefficient (Wildman–Crippen LogP) is 2.84. The van der Waals surface area contributed by atoms with E-state index in [0.29, 0.717) is 25.6 Å². The molecule has 5 nitrogen and oxygen atoms in total. The molecule has 5 heteroatoms. The number of ether oxygens (including phenoxy) is 2. The number of hydrogen-bond acceptors (Lipinski definition) is 4. The number of carbonyl (C=O) groups excluding carboxylic acids is 1. The van der Waals surface area contributed by atoms with Crippen molar-refractivity contribution in [2.24, 2.45) is 0 Å². The molecule has 2 saturated heterocycles. The third-order valence-electron chi connectivity index (χ3n) is 4.88. The Morgan fingerprint density at radius 3 is 2.92 bits per heavy atom. The molecule has 1 unspecified atom stereocenters. The van der Waals surface area contributed by atoms with Gasteiger partial charge in [0, 0.05) is 30.7 Å². The predicted molar refractivity (Wildman–Crippen MR) is 93.7 cm³/mol. The van der Waals surface area contributed by atoms with E-state index in [1.807, 2.05) is 54.3 Å². The molecule has 1 amide bonds. The number of pyridine rings is 1. The van der Waals surface area contributed by atoms with Crippen molar-refractivity contribution in [2.45, 2.75) is 31.5 Å². The second-order valence-electron chi connectivity index (χ2n) is 6.96. The van der Waals surface area contributed by atoms with Crippen molar-refractivity contribution in [1.29, 1.82) is 0 Å². The van der Waals surface area contributed by atoms with Gasteiger partial charge in [-0.3, -0.25) is 4.79 Å². The number of aromatic nitrogens is 1. The van der Waals surface area contributed by atoms with Crippen LogP contribution in [0, 0.1) is 6.92 Å². The van der Waals surface area contributed by atoms with Crippen molar-refractivity contribution in [3.05, 3.63) is 59.8 Å². The standard InChI is InChI=1S/C20H22N2O3/c1-15-5-4-6-16(11-15)19(23)22-13-20(14-22)12-17(8-10-24-20)25-18-7-2-3-9-21-18/h2-7,9,11,17H,8,10,12-14H2,1H3. The summed E-state index contributed by atoms with van der Waals surface area (Å²) in [5.41, 5.74) is 1.57. The Morgan fingerprint density at radius 1 is 1.28 bits per heavy atom. The highest BCUT2D eigenvalue weighted by Crippen LogP contribution is 2.36. The zero-order chi connectivity index (χ0) is 17.3. The number of benzene rings is 1. The lowest BCUT2D eigenvalue weighted by atomic mass is 9.84. The number of nitrogens with zero attached hydrogens (tertiary/aromatic N) is 2. The van der Waals surface area contributed by atoms with E-state index in [1.54, 1.807) is 6.20 Å². The molecule has 1 aromatic carbocycles. The van der Waals surface area contributed by atoms with Crippen LogP contribution in [0.1, 0.15) is 28.8 Å². The monoisotopic (exact) mass is 338 g/mol. The van der Waals surface area contributed by atoms with Crippen molar-refractivity contribution < 1.29 is 14.3 Å². The fourth-order valence-corrected chi connectivity index (χ4v) is 3.64.